The Morgan fingerprint density at radius 1 is 0.943 bits per heavy atom. The molecule has 2 N–H and O–H groups in total. The summed E-state index contributed by atoms with van der Waals surface area (Å²) in [6, 6.07) is 12.3. The van der Waals surface area contributed by atoms with Crippen molar-refractivity contribution in [1.82, 2.24) is 10.6 Å². The molecule has 1 aliphatic carbocycles. The lowest BCUT2D eigenvalue weighted by Gasteiger charge is -2.32. The smallest absolute Gasteiger partial charge is 0.287 e. The number of nitrogens with one attached hydrogen (secondary N) is 2. The van der Waals surface area contributed by atoms with Gasteiger partial charge in [0, 0.05) is 11.6 Å². The molecule has 0 saturated heterocycles. The zero-order valence-electron chi connectivity index (χ0n) is 18.9. The third kappa shape index (κ3) is 5.56. The van der Waals surface area contributed by atoms with Crippen molar-refractivity contribution in [3.05, 3.63) is 89.9 Å². The Morgan fingerprint density at radius 2 is 1.63 bits per heavy atom. The first kappa shape index (κ1) is 24.1. The van der Waals surface area contributed by atoms with Gasteiger partial charge in [0.05, 0.1) is 18.5 Å². The van der Waals surface area contributed by atoms with Crippen LogP contribution in [0.25, 0.3) is 0 Å². The monoisotopic (exact) mass is 481 g/mol. The summed E-state index contributed by atoms with van der Waals surface area (Å²) in [5, 5.41) is 5.31. The molecule has 9 heteroatoms. The Balaban J connectivity index is 1.71. The van der Waals surface area contributed by atoms with Gasteiger partial charge in [-0.25, -0.2) is 8.78 Å². The maximum absolute atomic E-state index is 15.0. The number of hydrogen-bond donors (Lipinski definition) is 2. The van der Waals surface area contributed by atoms with E-state index in [4.69, 9.17) is 4.42 Å². The molecule has 1 saturated carbocycles. The fraction of sp³-hybridized carbons (Fsp3) is 0.269. The molecule has 0 aliphatic heterocycles. The van der Waals surface area contributed by atoms with Gasteiger partial charge in [0.1, 0.15) is 17.7 Å². The van der Waals surface area contributed by atoms with Crippen LogP contribution in [0.1, 0.15) is 47.8 Å². The van der Waals surface area contributed by atoms with Gasteiger partial charge in [-0.1, -0.05) is 43.2 Å². The quantitative estimate of drug-likeness (QED) is 0.506. The van der Waals surface area contributed by atoms with Crippen LogP contribution in [0.4, 0.5) is 14.5 Å². The van der Waals surface area contributed by atoms with Gasteiger partial charge >= 0.3 is 0 Å². The van der Waals surface area contributed by atoms with Crippen molar-refractivity contribution in [2.75, 3.05) is 11.4 Å². The molecule has 0 spiro atoms. The topological polar surface area (TPSA) is 91.7 Å². The van der Waals surface area contributed by atoms with Crippen LogP contribution in [0.5, 0.6) is 0 Å². The maximum Gasteiger partial charge on any atom is 0.287 e. The molecular weight excluding hydrogens is 456 g/mol. The van der Waals surface area contributed by atoms with Crippen LogP contribution in [0, 0.1) is 11.6 Å². The number of benzene rings is 2. The first-order valence-corrected chi connectivity index (χ1v) is 11.4. The number of hydrogen-bond acceptors (Lipinski definition) is 4. The molecule has 182 valence electrons. The fourth-order valence-corrected chi connectivity index (χ4v) is 4.25. The Labute approximate surface area is 201 Å². The number of rotatable bonds is 8. The van der Waals surface area contributed by atoms with E-state index < -0.39 is 41.9 Å². The van der Waals surface area contributed by atoms with Gasteiger partial charge in [-0.3, -0.25) is 19.3 Å². The number of amides is 3. The van der Waals surface area contributed by atoms with E-state index in [2.05, 4.69) is 10.6 Å². The normalized spacial score (nSPS) is 14.3. The number of carbonyl (C=O) groups excluding carboxylic acids is 3. The van der Waals surface area contributed by atoms with E-state index in [1.165, 1.54) is 60.9 Å². The maximum atomic E-state index is 15.0. The van der Waals surface area contributed by atoms with Crippen molar-refractivity contribution in [2.45, 2.75) is 37.8 Å². The highest BCUT2D eigenvalue weighted by Gasteiger charge is 2.37. The zero-order valence-corrected chi connectivity index (χ0v) is 18.9. The summed E-state index contributed by atoms with van der Waals surface area (Å²) in [4.78, 5) is 40.2. The predicted molar refractivity (Wildman–Crippen MR) is 124 cm³/mol. The zero-order chi connectivity index (χ0) is 24.8. The summed E-state index contributed by atoms with van der Waals surface area (Å²) in [6.45, 7) is -0.574. The largest absolute Gasteiger partial charge is 0.459 e. The van der Waals surface area contributed by atoms with Crippen LogP contribution >= 0.6 is 0 Å². The number of para-hydroxylation sites is 1. The van der Waals surface area contributed by atoms with E-state index in [9.17, 15) is 23.2 Å². The first-order valence-electron chi connectivity index (χ1n) is 11.4. The average Bonchev–Trinajstić information content (AvgIpc) is 3.57. The number of carbonyl (C=O) groups is 3. The molecule has 3 aromatic rings. The van der Waals surface area contributed by atoms with Crippen LogP contribution in [0.3, 0.4) is 0 Å². The Kier molecular flexibility index (Phi) is 7.54. The lowest BCUT2D eigenvalue weighted by molar-refractivity contribution is -0.126. The molecular formula is C26H25F2N3O4. The number of nitrogens with zero attached hydrogens (tertiary/aromatic N) is 1. The van der Waals surface area contributed by atoms with Crippen molar-refractivity contribution in [1.29, 1.82) is 0 Å². The minimum atomic E-state index is -1.50. The first-order chi connectivity index (χ1) is 17.0. The highest BCUT2D eigenvalue weighted by Crippen LogP contribution is 2.32. The van der Waals surface area contributed by atoms with Gasteiger partial charge in [-0.05, 0) is 43.2 Å². The van der Waals surface area contributed by atoms with Crippen molar-refractivity contribution in [2.24, 2.45) is 0 Å². The molecule has 0 bridgehead atoms. The number of halogens is 2. The van der Waals surface area contributed by atoms with Crippen LogP contribution in [0.2, 0.25) is 0 Å². The molecule has 3 amide bonds. The number of furan rings is 1. The summed E-state index contributed by atoms with van der Waals surface area (Å²) in [7, 11) is 0. The minimum Gasteiger partial charge on any atom is -0.459 e. The van der Waals surface area contributed by atoms with Gasteiger partial charge in [-0.15, -0.1) is 0 Å². The van der Waals surface area contributed by atoms with Gasteiger partial charge in [0.25, 0.3) is 5.91 Å². The Bertz CT molecular complexity index is 1190. The van der Waals surface area contributed by atoms with Crippen LogP contribution < -0.4 is 15.5 Å². The lowest BCUT2D eigenvalue weighted by Crippen LogP contribution is -2.49. The fourth-order valence-electron chi connectivity index (χ4n) is 4.25. The summed E-state index contributed by atoms with van der Waals surface area (Å²) < 4.78 is 34.9. The summed E-state index contributed by atoms with van der Waals surface area (Å²) in [5.74, 6) is -3.59. The molecule has 1 aromatic heterocycles. The summed E-state index contributed by atoms with van der Waals surface area (Å²) >= 11 is 0. The highest BCUT2D eigenvalue weighted by atomic mass is 19.1. The van der Waals surface area contributed by atoms with E-state index in [0.717, 1.165) is 36.6 Å². The third-order valence-electron chi connectivity index (χ3n) is 5.93. The molecule has 1 aliphatic rings. The predicted octanol–water partition coefficient (Wildman–Crippen LogP) is 4.12. The minimum absolute atomic E-state index is 0.0140. The van der Waals surface area contributed by atoms with Crippen molar-refractivity contribution in [3.8, 4) is 0 Å². The van der Waals surface area contributed by atoms with E-state index >= 15 is 0 Å². The summed E-state index contributed by atoms with van der Waals surface area (Å²) in [6.07, 6.45) is 4.74. The van der Waals surface area contributed by atoms with Gasteiger partial charge in [0.15, 0.2) is 5.76 Å². The van der Waals surface area contributed by atoms with Gasteiger partial charge in [0.2, 0.25) is 11.8 Å². The second kappa shape index (κ2) is 10.9. The third-order valence-corrected chi connectivity index (χ3v) is 5.93. The average molecular weight is 481 g/mol. The molecule has 1 unspecified atom stereocenters. The van der Waals surface area contributed by atoms with Crippen molar-refractivity contribution >= 4 is 23.4 Å². The second-order valence-electron chi connectivity index (χ2n) is 8.29. The highest BCUT2D eigenvalue weighted by molar-refractivity contribution is 6.04. The molecule has 1 heterocycles. The Morgan fingerprint density at radius 3 is 2.29 bits per heavy atom. The van der Waals surface area contributed by atoms with Gasteiger partial charge < -0.3 is 15.1 Å². The second-order valence-corrected chi connectivity index (χ2v) is 8.29. The van der Waals surface area contributed by atoms with E-state index in [1.807, 2.05) is 0 Å². The molecule has 2 aromatic carbocycles. The molecule has 1 atom stereocenters. The van der Waals surface area contributed by atoms with Crippen LogP contribution in [0.15, 0.2) is 71.3 Å². The molecule has 4 rings (SSSR count). The standard InChI is InChI=1S/C26H25F2N3O4/c27-19-11-4-3-10-18(19)24(26(34)30-17-8-1-2-9-17)31(21-13-6-5-12-20(21)28)23(32)16-29-25(33)22-14-7-15-35-22/h3-7,10-15,17,24H,1-2,8-9,16H2,(H,29,33)(H,30,34). The van der Waals surface area contributed by atoms with E-state index in [0.29, 0.717) is 0 Å². The summed E-state index contributed by atoms with van der Waals surface area (Å²) in [5.41, 5.74) is -0.295. The lowest BCUT2D eigenvalue weighted by atomic mass is 10.0. The van der Waals surface area contributed by atoms with Crippen molar-refractivity contribution < 1.29 is 27.6 Å². The van der Waals surface area contributed by atoms with E-state index in [-0.39, 0.29) is 23.1 Å². The van der Waals surface area contributed by atoms with Crippen LogP contribution in [-0.4, -0.2) is 30.3 Å². The molecule has 35 heavy (non-hydrogen) atoms. The molecule has 1 fully saturated rings. The van der Waals surface area contributed by atoms with Crippen molar-refractivity contribution in [3.63, 3.8) is 0 Å². The Hall–Kier alpha value is -4.01. The van der Waals surface area contributed by atoms with Gasteiger partial charge in [-0.2, -0.15) is 0 Å². The SMILES string of the molecule is O=C(NCC(=O)N(c1ccccc1F)C(C(=O)NC1CCCC1)c1ccccc1F)c1ccco1. The van der Waals surface area contributed by atoms with Crippen LogP contribution in [-0.2, 0) is 9.59 Å². The molecule has 7 nitrogen and oxygen atoms in total. The molecule has 0 radical (unpaired) electrons. The van der Waals surface area contributed by atoms with E-state index in [1.54, 1.807) is 0 Å². The number of anilines is 1.